The highest BCUT2D eigenvalue weighted by atomic mass is 16.5. The van der Waals surface area contributed by atoms with Gasteiger partial charge in [0.05, 0.1) is 6.61 Å². The van der Waals surface area contributed by atoms with Crippen LogP contribution < -0.4 is 5.32 Å². The topological polar surface area (TPSA) is 64.1 Å². The first-order valence-corrected chi connectivity index (χ1v) is 7.03. The van der Waals surface area contributed by atoms with E-state index in [1.807, 2.05) is 0 Å². The van der Waals surface area contributed by atoms with Crippen LogP contribution in [0.5, 0.6) is 0 Å². The van der Waals surface area contributed by atoms with Gasteiger partial charge in [-0.05, 0) is 31.7 Å². The molecule has 19 heavy (non-hydrogen) atoms. The number of hydrogen-bond acceptors (Lipinski definition) is 5. The number of carbonyl (C=O) groups excluding carboxylic acids is 1. The minimum atomic E-state index is -0.469. The predicted octanol–water partition coefficient (Wildman–Crippen LogP) is 2.65. The van der Waals surface area contributed by atoms with E-state index in [0.29, 0.717) is 12.4 Å². The summed E-state index contributed by atoms with van der Waals surface area (Å²) in [5.74, 6) is 1.07. The van der Waals surface area contributed by atoms with Gasteiger partial charge in [0, 0.05) is 12.7 Å². The second-order valence-electron chi connectivity index (χ2n) is 4.87. The number of aromatic nitrogens is 2. The Bertz CT molecular complexity index is 417. The first kappa shape index (κ1) is 13.8. The molecule has 0 aliphatic heterocycles. The average Bonchev–Trinajstić information content (AvgIpc) is 2.47. The summed E-state index contributed by atoms with van der Waals surface area (Å²) >= 11 is 0. The number of ether oxygens (including phenoxy) is 1. The van der Waals surface area contributed by atoms with Crippen LogP contribution in [-0.4, -0.2) is 29.1 Å². The van der Waals surface area contributed by atoms with Gasteiger partial charge in [0.15, 0.2) is 0 Å². The number of esters is 1. The maximum Gasteiger partial charge on any atom is 0.376 e. The zero-order valence-corrected chi connectivity index (χ0v) is 11.4. The third-order valence-corrected chi connectivity index (χ3v) is 3.41. The second-order valence-corrected chi connectivity index (χ2v) is 4.87. The van der Waals surface area contributed by atoms with Gasteiger partial charge < -0.3 is 10.1 Å². The van der Waals surface area contributed by atoms with Crippen molar-refractivity contribution in [2.24, 2.45) is 5.92 Å². The average molecular weight is 263 g/mol. The molecule has 1 heterocycles. The first-order valence-electron chi connectivity index (χ1n) is 7.03. The molecule has 0 unspecified atom stereocenters. The summed E-state index contributed by atoms with van der Waals surface area (Å²) in [6.07, 6.45) is 8.15. The summed E-state index contributed by atoms with van der Waals surface area (Å²) in [6.45, 7) is 3.02. The molecule has 0 amide bonds. The molecule has 104 valence electrons. The van der Waals surface area contributed by atoms with Crippen LogP contribution in [0.15, 0.2) is 12.3 Å². The van der Waals surface area contributed by atoms with E-state index in [4.69, 9.17) is 4.74 Å². The molecule has 0 aromatic carbocycles. The molecular formula is C14H21N3O2. The Balaban J connectivity index is 1.89. The van der Waals surface area contributed by atoms with E-state index in [1.54, 1.807) is 19.2 Å². The Morgan fingerprint density at radius 2 is 2.21 bits per heavy atom. The molecule has 0 saturated heterocycles. The van der Waals surface area contributed by atoms with Crippen LogP contribution in [0, 0.1) is 5.92 Å². The summed E-state index contributed by atoms with van der Waals surface area (Å²) in [5.41, 5.74) is 0. The smallest absolute Gasteiger partial charge is 0.376 e. The maximum absolute atomic E-state index is 11.5. The van der Waals surface area contributed by atoms with Gasteiger partial charge in [-0.2, -0.15) is 0 Å². The Morgan fingerprint density at radius 3 is 2.95 bits per heavy atom. The van der Waals surface area contributed by atoms with Crippen LogP contribution in [0.2, 0.25) is 0 Å². The Morgan fingerprint density at radius 1 is 1.42 bits per heavy atom. The molecule has 1 N–H and O–H groups in total. The van der Waals surface area contributed by atoms with Gasteiger partial charge in [-0.15, -0.1) is 0 Å². The third-order valence-electron chi connectivity index (χ3n) is 3.41. The molecule has 5 heteroatoms. The number of anilines is 1. The molecule has 1 aromatic heterocycles. The summed E-state index contributed by atoms with van der Waals surface area (Å²) in [4.78, 5) is 19.6. The summed E-state index contributed by atoms with van der Waals surface area (Å²) < 4.78 is 4.89. The van der Waals surface area contributed by atoms with Crippen molar-refractivity contribution in [3.05, 3.63) is 18.1 Å². The second kappa shape index (κ2) is 7.07. The van der Waals surface area contributed by atoms with Gasteiger partial charge in [-0.25, -0.2) is 14.8 Å². The van der Waals surface area contributed by atoms with Crippen molar-refractivity contribution in [1.82, 2.24) is 9.97 Å². The molecule has 0 radical (unpaired) electrons. The van der Waals surface area contributed by atoms with E-state index in [1.165, 1.54) is 32.1 Å². The Labute approximate surface area is 113 Å². The van der Waals surface area contributed by atoms with Crippen LogP contribution >= 0.6 is 0 Å². The van der Waals surface area contributed by atoms with Gasteiger partial charge >= 0.3 is 5.97 Å². The van der Waals surface area contributed by atoms with Crippen LogP contribution in [0.4, 0.5) is 5.82 Å². The number of hydrogen-bond donors (Lipinski definition) is 1. The largest absolute Gasteiger partial charge is 0.460 e. The Kier molecular flexibility index (Phi) is 5.12. The lowest BCUT2D eigenvalue weighted by atomic mass is 9.89. The molecule has 1 saturated carbocycles. The van der Waals surface area contributed by atoms with Crippen molar-refractivity contribution in [2.45, 2.75) is 39.0 Å². The van der Waals surface area contributed by atoms with Crippen LogP contribution in [0.1, 0.15) is 49.6 Å². The molecular weight excluding hydrogens is 242 g/mol. The monoisotopic (exact) mass is 263 g/mol. The fourth-order valence-corrected chi connectivity index (χ4v) is 2.39. The maximum atomic E-state index is 11.5. The number of nitrogens with zero attached hydrogens (tertiary/aromatic N) is 2. The minimum absolute atomic E-state index is 0.121. The first-order chi connectivity index (χ1) is 9.29. The molecule has 0 atom stereocenters. The van der Waals surface area contributed by atoms with E-state index in [-0.39, 0.29) is 5.82 Å². The van der Waals surface area contributed by atoms with E-state index in [2.05, 4.69) is 15.3 Å². The molecule has 1 aromatic rings. The molecule has 5 nitrogen and oxygen atoms in total. The highest BCUT2D eigenvalue weighted by Crippen LogP contribution is 2.23. The zero-order valence-electron chi connectivity index (χ0n) is 11.4. The fraction of sp³-hybridized carbons (Fsp3) is 0.643. The molecule has 1 fully saturated rings. The van der Waals surface area contributed by atoms with Gasteiger partial charge in [0.25, 0.3) is 0 Å². The van der Waals surface area contributed by atoms with Crippen molar-refractivity contribution in [2.75, 3.05) is 18.5 Å². The summed E-state index contributed by atoms with van der Waals surface area (Å²) in [5, 5.41) is 3.29. The fourth-order valence-electron chi connectivity index (χ4n) is 2.39. The summed E-state index contributed by atoms with van der Waals surface area (Å²) in [7, 11) is 0. The van der Waals surface area contributed by atoms with E-state index in [0.717, 1.165) is 12.5 Å². The van der Waals surface area contributed by atoms with Crippen molar-refractivity contribution >= 4 is 11.8 Å². The van der Waals surface area contributed by atoms with Gasteiger partial charge in [-0.3, -0.25) is 0 Å². The van der Waals surface area contributed by atoms with E-state index < -0.39 is 5.97 Å². The lowest BCUT2D eigenvalue weighted by molar-refractivity contribution is 0.0512. The van der Waals surface area contributed by atoms with Crippen molar-refractivity contribution in [1.29, 1.82) is 0 Å². The van der Waals surface area contributed by atoms with Crippen LogP contribution in [-0.2, 0) is 4.74 Å². The minimum Gasteiger partial charge on any atom is -0.460 e. The quantitative estimate of drug-likeness (QED) is 0.827. The third kappa shape index (κ3) is 4.19. The Hall–Kier alpha value is -1.65. The van der Waals surface area contributed by atoms with Crippen molar-refractivity contribution < 1.29 is 9.53 Å². The molecule has 1 aliphatic carbocycles. The van der Waals surface area contributed by atoms with Crippen molar-refractivity contribution in [3.8, 4) is 0 Å². The molecule has 0 bridgehead atoms. The molecule has 2 rings (SSSR count). The highest BCUT2D eigenvalue weighted by Gasteiger charge is 2.14. The lowest BCUT2D eigenvalue weighted by Gasteiger charge is -2.21. The standard InChI is InChI=1S/C14H21N3O2/c1-2-19-14(18)13-15-9-8-12(17-13)16-10-11-6-4-3-5-7-11/h8-9,11H,2-7,10H2,1H3,(H,15,16,17). The van der Waals surface area contributed by atoms with Gasteiger partial charge in [0.2, 0.25) is 5.82 Å². The number of carbonyl (C=O) groups is 1. The highest BCUT2D eigenvalue weighted by molar-refractivity contribution is 5.85. The van der Waals surface area contributed by atoms with Crippen LogP contribution in [0.25, 0.3) is 0 Å². The SMILES string of the molecule is CCOC(=O)c1nccc(NCC2CCCCC2)n1. The lowest BCUT2D eigenvalue weighted by Crippen LogP contribution is -2.18. The number of rotatable bonds is 5. The number of nitrogens with one attached hydrogen (secondary N) is 1. The summed E-state index contributed by atoms with van der Waals surface area (Å²) in [6, 6.07) is 1.78. The van der Waals surface area contributed by atoms with Gasteiger partial charge in [-0.1, -0.05) is 19.3 Å². The normalized spacial score (nSPS) is 16.1. The van der Waals surface area contributed by atoms with Crippen molar-refractivity contribution in [3.63, 3.8) is 0 Å². The molecule has 0 spiro atoms. The van der Waals surface area contributed by atoms with Gasteiger partial charge in [0.1, 0.15) is 5.82 Å². The molecule has 1 aliphatic rings. The van der Waals surface area contributed by atoms with E-state index >= 15 is 0 Å². The predicted molar refractivity (Wildman–Crippen MR) is 73.1 cm³/mol. The van der Waals surface area contributed by atoms with Crippen LogP contribution in [0.3, 0.4) is 0 Å². The zero-order chi connectivity index (χ0) is 13.5. The van der Waals surface area contributed by atoms with E-state index in [9.17, 15) is 4.79 Å².